The second-order valence-corrected chi connectivity index (χ2v) is 8.85. The highest BCUT2D eigenvalue weighted by Gasteiger charge is 2.32. The topological polar surface area (TPSA) is 115 Å². The SMILES string of the molecule is CCN(C(C)=O)N(Cc1nc2cc(C(F)(F)F)ccc2n1C)C(=O)c1cc2c(cc1F)nc(N)c1cncn12. The number of amides is 2. The summed E-state index contributed by atoms with van der Waals surface area (Å²) in [5.74, 6) is -1.95. The highest BCUT2D eigenvalue weighted by molar-refractivity contribution is 5.99. The summed E-state index contributed by atoms with van der Waals surface area (Å²) in [6.07, 6.45) is -1.64. The number of carbonyl (C=O) groups excluding carboxylic acids is 2. The minimum absolute atomic E-state index is 0.0578. The molecule has 0 atom stereocenters. The molecule has 5 rings (SSSR count). The van der Waals surface area contributed by atoms with E-state index in [1.807, 2.05) is 0 Å². The second-order valence-electron chi connectivity index (χ2n) is 8.85. The maximum absolute atomic E-state index is 15.3. The highest BCUT2D eigenvalue weighted by atomic mass is 19.4. The number of carbonyl (C=O) groups is 2. The summed E-state index contributed by atoms with van der Waals surface area (Å²) in [5.41, 5.74) is 6.15. The smallest absolute Gasteiger partial charge is 0.382 e. The number of alkyl halides is 3. The molecule has 2 amide bonds. The van der Waals surface area contributed by atoms with Crippen molar-refractivity contribution in [2.45, 2.75) is 26.6 Å². The lowest BCUT2D eigenvalue weighted by atomic mass is 10.1. The van der Waals surface area contributed by atoms with Crippen molar-refractivity contribution < 1.29 is 27.2 Å². The summed E-state index contributed by atoms with van der Waals surface area (Å²) >= 11 is 0. The molecule has 0 aliphatic carbocycles. The van der Waals surface area contributed by atoms with Crippen LogP contribution in [0.2, 0.25) is 0 Å². The average Bonchev–Trinajstić information content (AvgIpc) is 3.48. The summed E-state index contributed by atoms with van der Waals surface area (Å²) in [4.78, 5) is 38.8. The van der Waals surface area contributed by atoms with Gasteiger partial charge in [-0.2, -0.15) is 13.2 Å². The number of aryl methyl sites for hydroxylation is 1. The van der Waals surface area contributed by atoms with Gasteiger partial charge in [-0.25, -0.2) is 24.4 Å². The van der Waals surface area contributed by atoms with E-state index in [-0.39, 0.29) is 41.3 Å². The first-order chi connectivity index (χ1) is 18.4. The van der Waals surface area contributed by atoms with Crippen LogP contribution < -0.4 is 5.73 Å². The molecule has 2 N–H and O–H groups in total. The molecule has 0 aliphatic rings. The Morgan fingerprint density at radius 2 is 1.74 bits per heavy atom. The highest BCUT2D eigenvalue weighted by Crippen LogP contribution is 2.32. The van der Waals surface area contributed by atoms with Crippen LogP contribution in [0.5, 0.6) is 0 Å². The quantitative estimate of drug-likeness (QED) is 0.272. The van der Waals surface area contributed by atoms with Crippen LogP contribution in [0, 0.1) is 5.82 Å². The van der Waals surface area contributed by atoms with E-state index in [4.69, 9.17) is 5.73 Å². The number of imidazole rings is 2. The van der Waals surface area contributed by atoms with Crippen molar-refractivity contribution in [3.05, 3.63) is 65.6 Å². The van der Waals surface area contributed by atoms with E-state index in [1.54, 1.807) is 18.4 Å². The molecule has 202 valence electrons. The Morgan fingerprint density at radius 1 is 1.03 bits per heavy atom. The Bertz CT molecular complexity index is 1780. The molecule has 0 radical (unpaired) electrons. The summed E-state index contributed by atoms with van der Waals surface area (Å²) in [6.45, 7) is 2.61. The third-order valence-corrected chi connectivity index (χ3v) is 6.48. The van der Waals surface area contributed by atoms with Crippen LogP contribution in [-0.2, 0) is 24.6 Å². The first-order valence-electron chi connectivity index (χ1n) is 11.7. The van der Waals surface area contributed by atoms with Gasteiger partial charge in [-0.15, -0.1) is 0 Å². The molecule has 0 saturated heterocycles. The van der Waals surface area contributed by atoms with Gasteiger partial charge in [0, 0.05) is 26.6 Å². The van der Waals surface area contributed by atoms with Crippen molar-refractivity contribution in [3.63, 3.8) is 0 Å². The fourth-order valence-corrected chi connectivity index (χ4v) is 4.53. The summed E-state index contributed by atoms with van der Waals surface area (Å²) < 4.78 is 58.1. The maximum Gasteiger partial charge on any atom is 0.416 e. The third-order valence-electron chi connectivity index (χ3n) is 6.48. The zero-order valence-corrected chi connectivity index (χ0v) is 21.0. The number of aromatic nitrogens is 5. The van der Waals surface area contributed by atoms with Gasteiger partial charge in [0.1, 0.15) is 29.5 Å². The number of nitrogens with two attached hydrogens (primary N) is 1. The predicted molar refractivity (Wildman–Crippen MR) is 134 cm³/mol. The largest absolute Gasteiger partial charge is 0.416 e. The van der Waals surface area contributed by atoms with Crippen molar-refractivity contribution in [3.8, 4) is 0 Å². The van der Waals surface area contributed by atoms with E-state index in [0.717, 1.165) is 28.2 Å². The Morgan fingerprint density at radius 3 is 2.41 bits per heavy atom. The van der Waals surface area contributed by atoms with Crippen molar-refractivity contribution >= 4 is 45.2 Å². The molecule has 0 aliphatic heterocycles. The zero-order chi connectivity index (χ0) is 28.2. The first kappa shape index (κ1) is 25.9. The van der Waals surface area contributed by atoms with Gasteiger partial charge >= 0.3 is 6.18 Å². The Balaban J connectivity index is 1.62. The second kappa shape index (κ2) is 9.22. The third kappa shape index (κ3) is 4.36. The molecule has 3 heterocycles. The molecule has 10 nitrogen and oxygen atoms in total. The van der Waals surface area contributed by atoms with E-state index in [0.29, 0.717) is 16.6 Å². The maximum atomic E-state index is 15.3. The van der Waals surface area contributed by atoms with Gasteiger partial charge in [0.05, 0.1) is 45.7 Å². The van der Waals surface area contributed by atoms with Crippen LogP contribution >= 0.6 is 0 Å². The van der Waals surface area contributed by atoms with Crippen LogP contribution in [0.15, 0.2) is 42.9 Å². The molecule has 0 fully saturated rings. The normalized spacial score (nSPS) is 12.0. The molecule has 14 heteroatoms. The molecule has 0 bridgehead atoms. The molecular formula is C25H22F4N8O2. The van der Waals surface area contributed by atoms with Crippen LogP contribution in [0.25, 0.3) is 27.6 Å². The number of nitrogens with zero attached hydrogens (tertiary/aromatic N) is 7. The average molecular weight is 542 g/mol. The van der Waals surface area contributed by atoms with Crippen LogP contribution in [0.1, 0.15) is 35.6 Å². The van der Waals surface area contributed by atoms with Gasteiger partial charge in [-0.05, 0) is 31.2 Å². The van der Waals surface area contributed by atoms with Crippen molar-refractivity contribution in [2.75, 3.05) is 12.3 Å². The molecule has 0 saturated carbocycles. The van der Waals surface area contributed by atoms with Crippen LogP contribution in [-0.4, -0.2) is 52.3 Å². The zero-order valence-electron chi connectivity index (χ0n) is 21.0. The number of hydrogen-bond acceptors (Lipinski definition) is 6. The number of rotatable bonds is 4. The van der Waals surface area contributed by atoms with Gasteiger partial charge < -0.3 is 10.3 Å². The van der Waals surface area contributed by atoms with Gasteiger partial charge in [-0.3, -0.25) is 19.0 Å². The number of hydrogen-bond donors (Lipinski definition) is 1. The minimum Gasteiger partial charge on any atom is -0.382 e. The van der Waals surface area contributed by atoms with Crippen molar-refractivity contribution in [1.82, 2.24) is 33.9 Å². The van der Waals surface area contributed by atoms with Crippen molar-refractivity contribution in [1.29, 1.82) is 0 Å². The van der Waals surface area contributed by atoms with Crippen LogP contribution in [0.3, 0.4) is 0 Å². The first-order valence-corrected chi connectivity index (χ1v) is 11.7. The lowest BCUT2D eigenvalue weighted by molar-refractivity contribution is -0.142. The molecule has 3 aromatic heterocycles. The summed E-state index contributed by atoms with van der Waals surface area (Å²) in [5, 5.41) is 2.13. The molecule has 5 aromatic rings. The standard InChI is InChI=1S/C25H22F4N8O2/c1-4-36(13(2)38)37(11-22-32-17-7-14(25(27,28)29)5-6-19(17)34(22)3)24(39)15-8-20-18(9-16(15)26)33-23(30)21-10-31-12-35(20)21/h5-10,12H,4,11H2,1-3H3,(H2,30,33). The van der Waals surface area contributed by atoms with Crippen LogP contribution in [0.4, 0.5) is 23.4 Å². The van der Waals surface area contributed by atoms with Crippen molar-refractivity contribution in [2.24, 2.45) is 7.05 Å². The molecule has 0 spiro atoms. The Labute approximate surface area is 218 Å². The van der Waals surface area contributed by atoms with E-state index in [9.17, 15) is 22.8 Å². The fourth-order valence-electron chi connectivity index (χ4n) is 4.53. The monoisotopic (exact) mass is 542 g/mol. The summed E-state index contributed by atoms with van der Waals surface area (Å²) in [6, 6.07) is 5.48. The molecule has 0 unspecified atom stereocenters. The Hall–Kier alpha value is -4.75. The lowest BCUT2D eigenvalue weighted by Gasteiger charge is -2.33. The molecule has 2 aromatic carbocycles. The van der Waals surface area contributed by atoms with E-state index >= 15 is 4.39 Å². The van der Waals surface area contributed by atoms with Gasteiger partial charge in [0.2, 0.25) is 5.91 Å². The molecular weight excluding hydrogens is 520 g/mol. The number of anilines is 1. The van der Waals surface area contributed by atoms with Gasteiger partial charge in [0.25, 0.3) is 5.91 Å². The van der Waals surface area contributed by atoms with Gasteiger partial charge in [-0.1, -0.05) is 0 Å². The number of halogens is 4. The van der Waals surface area contributed by atoms with E-state index in [1.165, 1.54) is 36.1 Å². The minimum atomic E-state index is -4.56. The number of fused-ring (bicyclic) bond motifs is 4. The number of hydrazine groups is 1. The molecule has 39 heavy (non-hydrogen) atoms. The summed E-state index contributed by atoms with van der Waals surface area (Å²) in [7, 11) is 1.58. The predicted octanol–water partition coefficient (Wildman–Crippen LogP) is 3.94. The van der Waals surface area contributed by atoms with E-state index < -0.39 is 29.4 Å². The van der Waals surface area contributed by atoms with E-state index in [2.05, 4.69) is 15.0 Å². The Kier molecular flexibility index (Phi) is 6.12. The lowest BCUT2D eigenvalue weighted by Crippen LogP contribution is -2.49. The number of nitrogen functional groups attached to an aromatic ring is 1. The van der Waals surface area contributed by atoms with Gasteiger partial charge in [0.15, 0.2) is 0 Å². The number of benzene rings is 2. The fraction of sp³-hybridized carbons (Fsp3) is 0.240.